The third kappa shape index (κ3) is 5.08. The maximum atomic E-state index is 8.94. The van der Waals surface area contributed by atoms with E-state index in [1.807, 2.05) is 0 Å². The Balaban J connectivity index is 2.38. The van der Waals surface area contributed by atoms with Gasteiger partial charge in [-0.05, 0) is 51.6 Å². The summed E-state index contributed by atoms with van der Waals surface area (Å²) < 4.78 is 0. The second kappa shape index (κ2) is 8.53. The zero-order valence-corrected chi connectivity index (χ0v) is 11.6. The molecule has 0 aromatic rings. The van der Waals surface area contributed by atoms with Crippen molar-refractivity contribution in [2.45, 2.75) is 71.3 Å². The summed E-state index contributed by atoms with van der Waals surface area (Å²) >= 11 is 0. The first-order chi connectivity index (χ1) is 8.31. The van der Waals surface area contributed by atoms with Gasteiger partial charge in [-0.25, -0.2) is 0 Å². The Morgan fingerprint density at radius 2 is 1.53 bits per heavy atom. The predicted molar refractivity (Wildman–Crippen MR) is 72.7 cm³/mol. The normalized spacial score (nSPS) is 24.8. The fourth-order valence-corrected chi connectivity index (χ4v) is 2.77. The molecule has 0 aromatic heterocycles. The van der Waals surface area contributed by atoms with Gasteiger partial charge < -0.3 is 4.90 Å². The summed E-state index contributed by atoms with van der Waals surface area (Å²) in [4.78, 5) is 2.70. The maximum absolute atomic E-state index is 8.94. The van der Waals surface area contributed by atoms with Crippen LogP contribution in [0.2, 0.25) is 0 Å². The van der Waals surface area contributed by atoms with Gasteiger partial charge in [-0.1, -0.05) is 26.7 Å². The van der Waals surface area contributed by atoms with E-state index < -0.39 is 0 Å². The summed E-state index contributed by atoms with van der Waals surface area (Å²) in [6, 6.07) is 3.19. The van der Waals surface area contributed by atoms with Crippen molar-refractivity contribution in [3.63, 3.8) is 0 Å². The van der Waals surface area contributed by atoms with Crippen LogP contribution >= 0.6 is 0 Å². The molecule has 2 nitrogen and oxygen atoms in total. The van der Waals surface area contributed by atoms with Crippen LogP contribution in [0.4, 0.5) is 0 Å². The molecular formula is C15H28N2. The molecule has 0 amide bonds. The van der Waals surface area contributed by atoms with Crippen LogP contribution in [0, 0.1) is 17.2 Å². The number of nitriles is 1. The minimum atomic E-state index is 0.338. The van der Waals surface area contributed by atoms with Gasteiger partial charge in [0.05, 0.1) is 6.07 Å². The monoisotopic (exact) mass is 236 g/mol. The highest BCUT2D eigenvalue weighted by atomic mass is 15.1. The lowest BCUT2D eigenvalue weighted by atomic mass is 9.86. The minimum Gasteiger partial charge on any atom is -0.300 e. The van der Waals surface area contributed by atoms with Crippen LogP contribution in [0.1, 0.15) is 65.2 Å². The second-order valence-corrected chi connectivity index (χ2v) is 5.38. The van der Waals surface area contributed by atoms with Crippen LogP contribution in [-0.4, -0.2) is 24.0 Å². The Bertz CT molecular complexity index is 216. The summed E-state index contributed by atoms with van der Waals surface area (Å²) in [5, 5.41) is 8.94. The summed E-state index contributed by atoms with van der Waals surface area (Å²) in [6.07, 6.45) is 9.94. The molecule has 0 spiro atoms. The molecular weight excluding hydrogens is 208 g/mol. The average Bonchev–Trinajstić information content (AvgIpc) is 2.39. The summed E-state index contributed by atoms with van der Waals surface area (Å²) in [5.74, 6) is 0.338. The highest BCUT2D eigenvalue weighted by Gasteiger charge is 2.24. The van der Waals surface area contributed by atoms with Gasteiger partial charge in [0.2, 0.25) is 0 Å². The Labute approximate surface area is 107 Å². The van der Waals surface area contributed by atoms with Gasteiger partial charge in [-0.15, -0.1) is 0 Å². The number of hydrogen-bond donors (Lipinski definition) is 0. The van der Waals surface area contributed by atoms with E-state index in [1.54, 1.807) is 0 Å². The van der Waals surface area contributed by atoms with Gasteiger partial charge in [0.15, 0.2) is 0 Å². The van der Waals surface area contributed by atoms with Crippen molar-refractivity contribution in [2.24, 2.45) is 5.92 Å². The van der Waals surface area contributed by atoms with Crippen molar-refractivity contribution in [3.8, 4) is 6.07 Å². The molecule has 0 radical (unpaired) electrons. The number of nitrogens with zero attached hydrogens (tertiary/aromatic N) is 2. The molecule has 1 rings (SSSR count). The van der Waals surface area contributed by atoms with Crippen molar-refractivity contribution in [3.05, 3.63) is 0 Å². The minimum absolute atomic E-state index is 0.338. The Morgan fingerprint density at radius 1 is 1.00 bits per heavy atom. The van der Waals surface area contributed by atoms with Crippen molar-refractivity contribution in [1.29, 1.82) is 5.26 Å². The number of rotatable bonds is 7. The summed E-state index contributed by atoms with van der Waals surface area (Å²) in [5.41, 5.74) is 0. The molecule has 0 unspecified atom stereocenters. The van der Waals surface area contributed by atoms with Crippen molar-refractivity contribution >= 4 is 0 Å². The van der Waals surface area contributed by atoms with E-state index in [0.717, 1.165) is 18.9 Å². The van der Waals surface area contributed by atoms with Gasteiger partial charge in [0, 0.05) is 12.0 Å². The van der Waals surface area contributed by atoms with Gasteiger partial charge in [-0.3, -0.25) is 0 Å². The first kappa shape index (κ1) is 14.5. The van der Waals surface area contributed by atoms with E-state index in [1.165, 1.54) is 51.6 Å². The van der Waals surface area contributed by atoms with Crippen LogP contribution in [0.15, 0.2) is 0 Å². The zero-order chi connectivity index (χ0) is 12.5. The van der Waals surface area contributed by atoms with Crippen molar-refractivity contribution < 1.29 is 0 Å². The Kier molecular flexibility index (Phi) is 7.28. The van der Waals surface area contributed by atoms with Crippen LogP contribution in [-0.2, 0) is 0 Å². The van der Waals surface area contributed by atoms with E-state index >= 15 is 0 Å². The summed E-state index contributed by atoms with van der Waals surface area (Å²) in [7, 11) is 0. The van der Waals surface area contributed by atoms with E-state index in [2.05, 4.69) is 24.8 Å². The SMILES string of the molecule is CCCCN(CCCC)C1CCC(C#N)CC1. The van der Waals surface area contributed by atoms with E-state index in [-0.39, 0.29) is 0 Å². The van der Waals surface area contributed by atoms with Gasteiger partial charge in [-0.2, -0.15) is 5.26 Å². The lowest BCUT2D eigenvalue weighted by Crippen LogP contribution is -2.39. The van der Waals surface area contributed by atoms with Gasteiger partial charge in [0.25, 0.3) is 0 Å². The van der Waals surface area contributed by atoms with E-state index in [0.29, 0.717) is 5.92 Å². The molecule has 0 N–H and O–H groups in total. The average molecular weight is 236 g/mol. The first-order valence-corrected chi connectivity index (χ1v) is 7.45. The van der Waals surface area contributed by atoms with E-state index in [9.17, 15) is 0 Å². The number of unbranched alkanes of at least 4 members (excludes halogenated alkanes) is 2. The third-order valence-corrected chi connectivity index (χ3v) is 3.99. The third-order valence-electron chi connectivity index (χ3n) is 3.99. The molecule has 0 saturated heterocycles. The highest BCUT2D eigenvalue weighted by molar-refractivity contribution is 4.89. The molecule has 0 bridgehead atoms. The van der Waals surface area contributed by atoms with E-state index in [4.69, 9.17) is 5.26 Å². The lowest BCUT2D eigenvalue weighted by Gasteiger charge is -2.35. The quantitative estimate of drug-likeness (QED) is 0.668. The maximum Gasteiger partial charge on any atom is 0.0655 e. The lowest BCUT2D eigenvalue weighted by molar-refractivity contribution is 0.142. The van der Waals surface area contributed by atoms with Gasteiger partial charge in [0.1, 0.15) is 0 Å². The molecule has 17 heavy (non-hydrogen) atoms. The molecule has 0 aromatic carbocycles. The molecule has 1 aliphatic carbocycles. The topological polar surface area (TPSA) is 27.0 Å². The molecule has 0 heterocycles. The van der Waals surface area contributed by atoms with Crippen molar-refractivity contribution in [2.75, 3.05) is 13.1 Å². The number of hydrogen-bond acceptors (Lipinski definition) is 2. The summed E-state index contributed by atoms with van der Waals surface area (Å²) in [6.45, 7) is 7.06. The molecule has 1 aliphatic rings. The highest BCUT2D eigenvalue weighted by Crippen LogP contribution is 2.27. The smallest absolute Gasteiger partial charge is 0.0655 e. The molecule has 0 atom stereocenters. The molecule has 98 valence electrons. The molecule has 0 aliphatic heterocycles. The predicted octanol–water partition coefficient (Wildman–Crippen LogP) is 3.97. The zero-order valence-electron chi connectivity index (χ0n) is 11.6. The fraction of sp³-hybridized carbons (Fsp3) is 0.933. The Morgan fingerprint density at radius 3 is 1.94 bits per heavy atom. The standard InChI is InChI=1S/C15H28N2/c1-3-5-11-17(12-6-4-2)15-9-7-14(13-16)8-10-15/h14-15H,3-12H2,1-2H3. The van der Waals surface area contributed by atoms with Crippen LogP contribution in [0.3, 0.4) is 0 Å². The first-order valence-electron chi connectivity index (χ1n) is 7.45. The van der Waals surface area contributed by atoms with Gasteiger partial charge >= 0.3 is 0 Å². The molecule has 1 fully saturated rings. The van der Waals surface area contributed by atoms with Crippen molar-refractivity contribution in [1.82, 2.24) is 4.90 Å². The van der Waals surface area contributed by atoms with Crippen LogP contribution < -0.4 is 0 Å². The van der Waals surface area contributed by atoms with Crippen LogP contribution in [0.25, 0.3) is 0 Å². The largest absolute Gasteiger partial charge is 0.300 e. The Hall–Kier alpha value is -0.550. The molecule has 2 heteroatoms. The molecule has 1 saturated carbocycles. The van der Waals surface area contributed by atoms with Crippen LogP contribution in [0.5, 0.6) is 0 Å². The fourth-order valence-electron chi connectivity index (χ4n) is 2.77. The second-order valence-electron chi connectivity index (χ2n) is 5.38.